The van der Waals surface area contributed by atoms with Crippen molar-refractivity contribution in [3.8, 4) is 0 Å². The first-order valence-electron chi connectivity index (χ1n) is 8.21. The molecule has 0 aliphatic rings. The van der Waals surface area contributed by atoms with Crippen LogP contribution in [0.15, 0.2) is 52.5 Å². The van der Waals surface area contributed by atoms with Crippen LogP contribution in [0.1, 0.15) is 12.5 Å². The average molecular weight is 457 g/mol. The average Bonchev–Trinajstić information content (AvgIpc) is 2.64. The normalized spacial score (nSPS) is 11.6. The molecule has 2 rings (SSSR count). The number of rotatable bonds is 7. The Balaban J connectivity index is 2.00. The number of likely N-dealkylation sites (N-methyl/N-ethyl adjacent to an activating group) is 1. The molecule has 0 heterocycles. The van der Waals surface area contributed by atoms with Crippen LogP contribution in [-0.4, -0.2) is 44.3 Å². The van der Waals surface area contributed by atoms with E-state index in [1.165, 1.54) is 44.5 Å². The molecule has 2 amide bonds. The SMILES string of the molecule is CC(=O)Nc1ccc(S(=O)(=O)N(C)CC(=O)N/N=C\c2c(Cl)cccc2Cl)cc1. The van der Waals surface area contributed by atoms with Gasteiger partial charge in [0.05, 0.1) is 27.7 Å². The van der Waals surface area contributed by atoms with E-state index >= 15 is 0 Å². The molecule has 0 bridgehead atoms. The molecule has 154 valence electrons. The van der Waals surface area contributed by atoms with Gasteiger partial charge in [0, 0.05) is 25.2 Å². The number of halogens is 2. The Morgan fingerprint density at radius 3 is 2.24 bits per heavy atom. The lowest BCUT2D eigenvalue weighted by molar-refractivity contribution is -0.121. The van der Waals surface area contributed by atoms with Crippen LogP contribution in [0.2, 0.25) is 10.0 Å². The van der Waals surface area contributed by atoms with E-state index in [-0.39, 0.29) is 10.8 Å². The predicted octanol–water partition coefficient (Wildman–Crippen LogP) is 2.72. The molecule has 0 aliphatic heterocycles. The van der Waals surface area contributed by atoms with Crippen LogP contribution in [0.5, 0.6) is 0 Å². The van der Waals surface area contributed by atoms with Gasteiger partial charge in [-0.1, -0.05) is 29.3 Å². The van der Waals surface area contributed by atoms with Gasteiger partial charge in [-0.25, -0.2) is 13.8 Å². The van der Waals surface area contributed by atoms with Crippen molar-refractivity contribution in [2.24, 2.45) is 5.10 Å². The van der Waals surface area contributed by atoms with Gasteiger partial charge in [0.15, 0.2) is 0 Å². The highest BCUT2D eigenvalue weighted by Crippen LogP contribution is 2.22. The zero-order valence-electron chi connectivity index (χ0n) is 15.5. The van der Waals surface area contributed by atoms with Crippen molar-refractivity contribution in [3.05, 3.63) is 58.1 Å². The Morgan fingerprint density at radius 1 is 1.10 bits per heavy atom. The maximum Gasteiger partial charge on any atom is 0.255 e. The monoisotopic (exact) mass is 456 g/mol. The molecule has 0 fully saturated rings. The summed E-state index contributed by atoms with van der Waals surface area (Å²) in [6, 6.07) is 10.5. The molecular weight excluding hydrogens is 439 g/mol. The lowest BCUT2D eigenvalue weighted by Gasteiger charge is -2.16. The Labute approximate surface area is 178 Å². The maximum absolute atomic E-state index is 12.6. The first kappa shape index (κ1) is 22.8. The molecule has 11 heteroatoms. The fourth-order valence-corrected chi connectivity index (χ4v) is 3.84. The molecule has 0 aliphatic carbocycles. The van der Waals surface area contributed by atoms with E-state index in [1.54, 1.807) is 18.2 Å². The Morgan fingerprint density at radius 2 is 1.69 bits per heavy atom. The number of amides is 2. The summed E-state index contributed by atoms with van der Waals surface area (Å²) in [5.41, 5.74) is 3.12. The molecular formula is C18H18Cl2N4O4S. The summed E-state index contributed by atoms with van der Waals surface area (Å²) in [5.74, 6) is -0.918. The van der Waals surface area contributed by atoms with Crippen LogP contribution in [0.25, 0.3) is 0 Å². The molecule has 0 spiro atoms. The second kappa shape index (κ2) is 9.84. The van der Waals surface area contributed by atoms with Crippen molar-refractivity contribution in [1.29, 1.82) is 0 Å². The first-order valence-corrected chi connectivity index (χ1v) is 10.4. The van der Waals surface area contributed by atoms with Gasteiger partial charge in [0.2, 0.25) is 15.9 Å². The number of sulfonamides is 1. The van der Waals surface area contributed by atoms with Crippen molar-refractivity contribution in [3.63, 3.8) is 0 Å². The third-order valence-corrected chi connectivity index (χ3v) is 6.11. The number of benzene rings is 2. The van der Waals surface area contributed by atoms with E-state index in [4.69, 9.17) is 23.2 Å². The fourth-order valence-electron chi connectivity index (χ4n) is 2.22. The van der Waals surface area contributed by atoms with Crippen LogP contribution in [-0.2, 0) is 19.6 Å². The highest BCUT2D eigenvalue weighted by atomic mass is 35.5. The zero-order chi connectivity index (χ0) is 21.6. The topological polar surface area (TPSA) is 108 Å². The molecule has 8 nitrogen and oxygen atoms in total. The number of hydrogen-bond donors (Lipinski definition) is 2. The third-order valence-electron chi connectivity index (χ3n) is 3.63. The minimum Gasteiger partial charge on any atom is -0.326 e. The van der Waals surface area contributed by atoms with E-state index in [0.717, 1.165) is 4.31 Å². The molecule has 29 heavy (non-hydrogen) atoms. The van der Waals surface area contributed by atoms with Crippen LogP contribution in [0, 0.1) is 0 Å². The van der Waals surface area contributed by atoms with Crippen molar-refractivity contribution >= 4 is 56.9 Å². The molecule has 0 aromatic heterocycles. The summed E-state index contributed by atoms with van der Waals surface area (Å²) >= 11 is 12.0. The van der Waals surface area contributed by atoms with Gasteiger partial charge in [-0.3, -0.25) is 9.59 Å². The van der Waals surface area contributed by atoms with Gasteiger partial charge in [-0.2, -0.15) is 9.41 Å². The Hall–Kier alpha value is -2.46. The number of hydrazone groups is 1. The summed E-state index contributed by atoms with van der Waals surface area (Å²) in [6.07, 6.45) is 1.28. The molecule has 2 N–H and O–H groups in total. The van der Waals surface area contributed by atoms with Crippen LogP contribution < -0.4 is 10.7 Å². The zero-order valence-corrected chi connectivity index (χ0v) is 17.8. The smallest absolute Gasteiger partial charge is 0.255 e. The number of hydrogen-bond acceptors (Lipinski definition) is 5. The number of nitrogens with zero attached hydrogens (tertiary/aromatic N) is 2. The highest BCUT2D eigenvalue weighted by molar-refractivity contribution is 7.89. The molecule has 0 saturated heterocycles. The van der Waals surface area contributed by atoms with E-state index in [9.17, 15) is 18.0 Å². The molecule has 0 unspecified atom stereocenters. The second-order valence-corrected chi connectivity index (χ2v) is 8.75. The lowest BCUT2D eigenvalue weighted by Crippen LogP contribution is -2.36. The van der Waals surface area contributed by atoms with E-state index in [2.05, 4.69) is 15.8 Å². The van der Waals surface area contributed by atoms with Crippen molar-refractivity contribution in [2.45, 2.75) is 11.8 Å². The van der Waals surface area contributed by atoms with Gasteiger partial charge >= 0.3 is 0 Å². The second-order valence-electron chi connectivity index (χ2n) is 5.90. The van der Waals surface area contributed by atoms with Crippen LogP contribution in [0.4, 0.5) is 5.69 Å². The van der Waals surface area contributed by atoms with Crippen LogP contribution in [0.3, 0.4) is 0 Å². The third kappa shape index (κ3) is 6.26. The molecule has 2 aromatic carbocycles. The predicted molar refractivity (Wildman–Crippen MR) is 113 cm³/mol. The number of carbonyl (C=O) groups is 2. The number of nitrogens with one attached hydrogen (secondary N) is 2. The van der Waals surface area contributed by atoms with Crippen molar-refractivity contribution in [2.75, 3.05) is 18.9 Å². The first-order chi connectivity index (χ1) is 13.6. The van der Waals surface area contributed by atoms with E-state index < -0.39 is 22.5 Å². The van der Waals surface area contributed by atoms with Crippen molar-refractivity contribution < 1.29 is 18.0 Å². The Kier molecular flexibility index (Phi) is 7.74. The molecule has 0 atom stereocenters. The summed E-state index contributed by atoms with van der Waals surface area (Å²) < 4.78 is 26.0. The summed E-state index contributed by atoms with van der Waals surface area (Å²) in [7, 11) is -2.64. The maximum atomic E-state index is 12.6. The molecule has 2 aromatic rings. The highest BCUT2D eigenvalue weighted by Gasteiger charge is 2.22. The van der Waals surface area contributed by atoms with Gasteiger partial charge < -0.3 is 5.32 Å². The van der Waals surface area contributed by atoms with Crippen molar-refractivity contribution in [1.82, 2.24) is 9.73 Å². The quantitative estimate of drug-likeness (QED) is 0.492. The number of anilines is 1. The summed E-state index contributed by atoms with van der Waals surface area (Å²) in [4.78, 5) is 23.0. The van der Waals surface area contributed by atoms with Gasteiger partial charge in [0.25, 0.3) is 5.91 Å². The lowest BCUT2D eigenvalue weighted by atomic mass is 10.2. The van der Waals surface area contributed by atoms with Gasteiger partial charge in [-0.05, 0) is 36.4 Å². The minimum atomic E-state index is -3.90. The minimum absolute atomic E-state index is 0.0201. The summed E-state index contributed by atoms with van der Waals surface area (Å²) in [5, 5.41) is 7.02. The largest absolute Gasteiger partial charge is 0.326 e. The summed E-state index contributed by atoms with van der Waals surface area (Å²) in [6.45, 7) is 0.891. The van der Waals surface area contributed by atoms with E-state index in [0.29, 0.717) is 21.3 Å². The van der Waals surface area contributed by atoms with Gasteiger partial charge in [0.1, 0.15) is 0 Å². The van der Waals surface area contributed by atoms with E-state index in [1.807, 2.05) is 0 Å². The number of carbonyl (C=O) groups excluding carboxylic acids is 2. The molecule has 0 saturated carbocycles. The molecule has 0 radical (unpaired) electrons. The van der Waals surface area contributed by atoms with Gasteiger partial charge in [-0.15, -0.1) is 0 Å². The Bertz CT molecular complexity index is 1020. The van der Waals surface area contributed by atoms with Crippen LogP contribution >= 0.6 is 23.2 Å². The standard InChI is InChI=1S/C18H18Cl2N4O4S/c1-12(25)22-13-6-8-14(9-7-13)29(27,28)24(2)11-18(26)23-21-10-15-16(19)4-3-5-17(15)20/h3-10H,11H2,1-2H3,(H,22,25)(H,23,26)/b21-10-. The fraction of sp³-hybridized carbons (Fsp3) is 0.167.